The number of rotatable bonds is 6. The average Bonchev–Trinajstić information content (AvgIpc) is 3.27. The summed E-state index contributed by atoms with van der Waals surface area (Å²) in [6, 6.07) is 10.4. The lowest BCUT2D eigenvalue weighted by Gasteiger charge is -2.40. The summed E-state index contributed by atoms with van der Waals surface area (Å²) in [5.41, 5.74) is 2.13. The first-order valence-electron chi connectivity index (χ1n) is 9.26. The number of furan rings is 1. The third-order valence-electron chi connectivity index (χ3n) is 5.14. The van der Waals surface area contributed by atoms with Gasteiger partial charge >= 0.3 is 0 Å². The van der Waals surface area contributed by atoms with Crippen LogP contribution in [-0.4, -0.2) is 46.8 Å². The Labute approximate surface area is 153 Å². The number of hydrogen-bond donors (Lipinski definition) is 1. The molecule has 1 fully saturated rings. The highest BCUT2D eigenvalue weighted by Gasteiger charge is 2.34. The number of aryl methyl sites for hydroxylation is 1. The Balaban J connectivity index is 1.44. The van der Waals surface area contributed by atoms with Crippen LogP contribution in [0.4, 0.5) is 0 Å². The molecule has 1 saturated heterocycles. The van der Waals surface area contributed by atoms with Gasteiger partial charge in [0, 0.05) is 31.7 Å². The summed E-state index contributed by atoms with van der Waals surface area (Å²) < 4.78 is 14.1. The lowest BCUT2D eigenvalue weighted by Crippen LogP contribution is -2.49. The Morgan fingerprint density at radius 3 is 2.96 bits per heavy atom. The van der Waals surface area contributed by atoms with Crippen molar-refractivity contribution in [2.24, 2.45) is 7.05 Å². The van der Waals surface area contributed by atoms with Crippen molar-refractivity contribution in [1.82, 2.24) is 19.8 Å². The molecule has 1 N–H and O–H groups in total. The molecular formula is C20H26N4O2. The van der Waals surface area contributed by atoms with Crippen LogP contribution in [-0.2, 0) is 18.3 Å². The maximum Gasteiger partial charge on any atom is 0.134 e. The standard InChI is InChI=1S/C20H26N4O2/c1-3-24-8-9-25-19(20(24)17-12-22-14-23(17)2)13-21-11-16-10-15-6-4-5-7-18(15)26-16/h4-7,10,12,14,19-21H,3,8-9,11,13H2,1-2H3/t19-,20-/m0/s1. The monoisotopic (exact) mass is 354 g/mol. The molecule has 0 bridgehead atoms. The summed E-state index contributed by atoms with van der Waals surface area (Å²) in [5.74, 6) is 0.950. The fourth-order valence-corrected chi connectivity index (χ4v) is 3.80. The van der Waals surface area contributed by atoms with Crippen LogP contribution in [0.15, 0.2) is 47.3 Å². The van der Waals surface area contributed by atoms with Gasteiger partial charge in [-0.05, 0) is 18.7 Å². The third kappa shape index (κ3) is 3.40. The summed E-state index contributed by atoms with van der Waals surface area (Å²) in [6.07, 6.45) is 3.90. The minimum atomic E-state index is 0.0866. The zero-order valence-electron chi connectivity index (χ0n) is 15.4. The highest BCUT2D eigenvalue weighted by molar-refractivity contribution is 5.77. The molecule has 0 spiro atoms. The Kier molecular flexibility index (Phi) is 5.06. The lowest BCUT2D eigenvalue weighted by molar-refractivity contribution is -0.0717. The molecule has 6 heteroatoms. The van der Waals surface area contributed by atoms with Crippen molar-refractivity contribution in [1.29, 1.82) is 0 Å². The lowest BCUT2D eigenvalue weighted by atomic mass is 10.0. The number of para-hydroxylation sites is 1. The van der Waals surface area contributed by atoms with Gasteiger partial charge in [-0.15, -0.1) is 0 Å². The van der Waals surface area contributed by atoms with E-state index in [2.05, 4.69) is 38.8 Å². The summed E-state index contributed by atoms with van der Waals surface area (Å²) in [7, 11) is 2.05. The summed E-state index contributed by atoms with van der Waals surface area (Å²) >= 11 is 0. The molecule has 0 unspecified atom stereocenters. The Morgan fingerprint density at radius 1 is 1.31 bits per heavy atom. The van der Waals surface area contributed by atoms with Crippen molar-refractivity contribution in [3.63, 3.8) is 0 Å². The van der Waals surface area contributed by atoms with Gasteiger partial charge in [0.1, 0.15) is 11.3 Å². The number of aromatic nitrogens is 2. The zero-order valence-corrected chi connectivity index (χ0v) is 15.4. The van der Waals surface area contributed by atoms with Crippen LogP contribution in [0, 0.1) is 0 Å². The van der Waals surface area contributed by atoms with Gasteiger partial charge in [0.15, 0.2) is 0 Å². The molecule has 0 radical (unpaired) electrons. The molecule has 0 amide bonds. The minimum Gasteiger partial charge on any atom is -0.460 e. The summed E-state index contributed by atoms with van der Waals surface area (Å²) in [5, 5.41) is 4.66. The minimum absolute atomic E-state index is 0.0866. The number of hydrogen-bond acceptors (Lipinski definition) is 5. The fraction of sp³-hybridized carbons (Fsp3) is 0.450. The van der Waals surface area contributed by atoms with E-state index >= 15 is 0 Å². The van der Waals surface area contributed by atoms with Crippen molar-refractivity contribution in [3.8, 4) is 0 Å². The normalized spacial score (nSPS) is 21.5. The van der Waals surface area contributed by atoms with E-state index in [1.54, 1.807) is 0 Å². The number of nitrogens with zero attached hydrogens (tertiary/aromatic N) is 3. The number of benzene rings is 1. The Morgan fingerprint density at radius 2 is 2.19 bits per heavy atom. The predicted octanol–water partition coefficient (Wildman–Crippen LogP) is 2.72. The smallest absolute Gasteiger partial charge is 0.134 e. The molecule has 2 atom stereocenters. The van der Waals surface area contributed by atoms with E-state index in [0.29, 0.717) is 6.54 Å². The molecule has 3 aromatic rings. The summed E-state index contributed by atoms with van der Waals surface area (Å²) in [4.78, 5) is 6.76. The Bertz CT molecular complexity index is 823. The van der Waals surface area contributed by atoms with Crippen LogP contribution in [0.3, 0.4) is 0 Å². The maximum atomic E-state index is 6.12. The molecular weight excluding hydrogens is 328 g/mol. The van der Waals surface area contributed by atoms with E-state index in [1.807, 2.05) is 37.8 Å². The molecule has 3 heterocycles. The quantitative estimate of drug-likeness (QED) is 0.738. The molecule has 4 rings (SSSR count). The van der Waals surface area contributed by atoms with E-state index in [9.17, 15) is 0 Å². The first kappa shape index (κ1) is 17.3. The van der Waals surface area contributed by atoms with Gasteiger partial charge in [-0.2, -0.15) is 0 Å². The van der Waals surface area contributed by atoms with E-state index in [-0.39, 0.29) is 12.1 Å². The maximum absolute atomic E-state index is 6.12. The van der Waals surface area contributed by atoms with Crippen LogP contribution in [0.2, 0.25) is 0 Å². The SMILES string of the molecule is CCN1CCO[C@@H](CNCc2cc3ccccc3o2)[C@@H]1c1cncn1C. The molecule has 1 aliphatic rings. The van der Waals surface area contributed by atoms with E-state index in [1.165, 1.54) is 5.69 Å². The predicted molar refractivity (Wildman–Crippen MR) is 101 cm³/mol. The van der Waals surface area contributed by atoms with Crippen molar-refractivity contribution < 1.29 is 9.15 Å². The van der Waals surface area contributed by atoms with Crippen molar-refractivity contribution in [3.05, 3.63) is 54.3 Å². The third-order valence-corrected chi connectivity index (χ3v) is 5.14. The molecule has 2 aromatic heterocycles. The van der Waals surface area contributed by atoms with Crippen LogP contribution < -0.4 is 5.32 Å². The zero-order chi connectivity index (χ0) is 17.9. The molecule has 0 saturated carbocycles. The van der Waals surface area contributed by atoms with Gasteiger partial charge in [-0.1, -0.05) is 25.1 Å². The van der Waals surface area contributed by atoms with Crippen LogP contribution in [0.1, 0.15) is 24.4 Å². The molecule has 1 aromatic carbocycles. The highest BCUT2D eigenvalue weighted by atomic mass is 16.5. The van der Waals surface area contributed by atoms with Crippen molar-refractivity contribution in [2.75, 3.05) is 26.2 Å². The topological polar surface area (TPSA) is 55.5 Å². The fourth-order valence-electron chi connectivity index (χ4n) is 3.80. The van der Waals surface area contributed by atoms with Gasteiger partial charge in [-0.3, -0.25) is 4.90 Å². The first-order chi connectivity index (χ1) is 12.8. The second-order valence-electron chi connectivity index (χ2n) is 6.79. The molecule has 138 valence electrons. The second-order valence-corrected chi connectivity index (χ2v) is 6.79. The average molecular weight is 354 g/mol. The van der Waals surface area contributed by atoms with Crippen LogP contribution in [0.5, 0.6) is 0 Å². The molecule has 6 nitrogen and oxygen atoms in total. The van der Waals surface area contributed by atoms with E-state index in [4.69, 9.17) is 9.15 Å². The number of morpholine rings is 1. The first-order valence-corrected chi connectivity index (χ1v) is 9.26. The van der Waals surface area contributed by atoms with Gasteiger partial charge in [0.2, 0.25) is 0 Å². The Hall–Kier alpha value is -2.15. The van der Waals surface area contributed by atoms with Gasteiger partial charge in [0.05, 0.1) is 37.3 Å². The number of imidazole rings is 1. The van der Waals surface area contributed by atoms with Crippen molar-refractivity contribution >= 4 is 11.0 Å². The van der Waals surface area contributed by atoms with E-state index < -0.39 is 0 Å². The molecule has 26 heavy (non-hydrogen) atoms. The highest BCUT2D eigenvalue weighted by Crippen LogP contribution is 2.28. The van der Waals surface area contributed by atoms with Gasteiger partial charge in [-0.25, -0.2) is 4.98 Å². The molecule has 1 aliphatic heterocycles. The largest absolute Gasteiger partial charge is 0.460 e. The van der Waals surface area contributed by atoms with Crippen LogP contribution >= 0.6 is 0 Å². The number of fused-ring (bicyclic) bond motifs is 1. The van der Waals surface area contributed by atoms with Crippen LogP contribution in [0.25, 0.3) is 11.0 Å². The number of nitrogens with one attached hydrogen (secondary N) is 1. The van der Waals surface area contributed by atoms with Gasteiger partial charge < -0.3 is 19.0 Å². The number of likely N-dealkylation sites (N-methyl/N-ethyl adjacent to an activating group) is 1. The van der Waals surface area contributed by atoms with E-state index in [0.717, 1.165) is 43.0 Å². The summed E-state index contributed by atoms with van der Waals surface area (Å²) in [6.45, 7) is 6.38. The number of ether oxygens (including phenoxy) is 1. The second kappa shape index (κ2) is 7.61. The van der Waals surface area contributed by atoms with Crippen molar-refractivity contribution in [2.45, 2.75) is 25.6 Å². The van der Waals surface area contributed by atoms with Gasteiger partial charge in [0.25, 0.3) is 0 Å². The molecule has 0 aliphatic carbocycles.